The molecule has 0 aliphatic carbocycles. The highest BCUT2D eigenvalue weighted by Crippen LogP contribution is 2.38. The fraction of sp³-hybridized carbons (Fsp3) is 0.200. The van der Waals surface area contributed by atoms with Crippen molar-refractivity contribution < 1.29 is 17.6 Å². The standard InChI is InChI=1S/C15H12ClF4N/c1-9-5-6-11(17)7-10(9)8-21-14-12(15(18,19)20)3-2-4-13(14)16/h2-7,21H,8H2,1H3. The van der Waals surface area contributed by atoms with E-state index in [2.05, 4.69) is 5.32 Å². The van der Waals surface area contributed by atoms with Crippen molar-refractivity contribution in [2.45, 2.75) is 19.6 Å². The van der Waals surface area contributed by atoms with Crippen molar-refractivity contribution in [1.82, 2.24) is 0 Å². The number of hydrogen-bond donors (Lipinski definition) is 1. The lowest BCUT2D eigenvalue weighted by Crippen LogP contribution is -2.11. The van der Waals surface area contributed by atoms with E-state index in [0.29, 0.717) is 5.56 Å². The molecule has 0 saturated heterocycles. The van der Waals surface area contributed by atoms with Gasteiger partial charge in [0.15, 0.2) is 0 Å². The lowest BCUT2D eigenvalue weighted by atomic mass is 10.1. The number of hydrogen-bond acceptors (Lipinski definition) is 1. The Hall–Kier alpha value is -1.75. The summed E-state index contributed by atoms with van der Waals surface area (Å²) in [5.41, 5.74) is 0.312. The first-order valence-corrected chi connectivity index (χ1v) is 6.51. The second-order valence-electron chi connectivity index (χ2n) is 4.58. The number of para-hydroxylation sites is 1. The SMILES string of the molecule is Cc1ccc(F)cc1CNc1c(Cl)cccc1C(F)(F)F. The average Bonchev–Trinajstić information content (AvgIpc) is 2.39. The van der Waals surface area contributed by atoms with Crippen LogP contribution in [-0.4, -0.2) is 0 Å². The van der Waals surface area contributed by atoms with Gasteiger partial charge in [-0.25, -0.2) is 4.39 Å². The smallest absolute Gasteiger partial charge is 0.379 e. The van der Waals surface area contributed by atoms with Gasteiger partial charge in [0, 0.05) is 6.54 Å². The van der Waals surface area contributed by atoms with Crippen LogP contribution in [0.4, 0.5) is 23.2 Å². The van der Waals surface area contributed by atoms with E-state index in [4.69, 9.17) is 11.6 Å². The molecule has 0 fully saturated rings. The zero-order valence-corrected chi connectivity index (χ0v) is 11.8. The van der Waals surface area contributed by atoms with Gasteiger partial charge in [-0.05, 0) is 42.3 Å². The van der Waals surface area contributed by atoms with E-state index in [1.54, 1.807) is 13.0 Å². The van der Waals surface area contributed by atoms with Crippen LogP contribution in [0.25, 0.3) is 0 Å². The van der Waals surface area contributed by atoms with Crippen molar-refractivity contribution in [1.29, 1.82) is 0 Å². The summed E-state index contributed by atoms with van der Waals surface area (Å²) in [6.45, 7) is 1.81. The summed E-state index contributed by atoms with van der Waals surface area (Å²) in [6.07, 6.45) is -4.51. The molecule has 0 aromatic heterocycles. The van der Waals surface area contributed by atoms with Crippen LogP contribution in [0.1, 0.15) is 16.7 Å². The average molecular weight is 318 g/mol. The molecule has 21 heavy (non-hydrogen) atoms. The molecule has 0 aliphatic rings. The van der Waals surface area contributed by atoms with E-state index in [1.807, 2.05) is 0 Å². The quantitative estimate of drug-likeness (QED) is 0.745. The molecular formula is C15H12ClF4N. The Bertz CT molecular complexity index is 653. The maximum Gasteiger partial charge on any atom is 0.418 e. The predicted octanol–water partition coefficient (Wildman–Crippen LogP) is 5.42. The largest absolute Gasteiger partial charge is 0.418 e. The summed E-state index contributed by atoms with van der Waals surface area (Å²) < 4.78 is 52.0. The number of nitrogens with one attached hydrogen (secondary N) is 1. The normalized spacial score (nSPS) is 11.5. The van der Waals surface area contributed by atoms with Crippen molar-refractivity contribution in [3.05, 3.63) is 63.9 Å². The lowest BCUT2D eigenvalue weighted by Gasteiger charge is -2.16. The molecule has 0 bridgehead atoms. The Kier molecular flexibility index (Phi) is 4.42. The molecule has 0 aliphatic heterocycles. The summed E-state index contributed by atoms with van der Waals surface area (Å²) >= 11 is 5.84. The van der Waals surface area contributed by atoms with E-state index >= 15 is 0 Å². The van der Waals surface area contributed by atoms with Gasteiger partial charge in [-0.3, -0.25) is 0 Å². The van der Waals surface area contributed by atoms with Crippen molar-refractivity contribution in [2.24, 2.45) is 0 Å². The molecular weight excluding hydrogens is 306 g/mol. The Labute approximate surface area is 124 Å². The Morgan fingerprint density at radius 2 is 1.86 bits per heavy atom. The van der Waals surface area contributed by atoms with Crippen LogP contribution in [0.3, 0.4) is 0 Å². The summed E-state index contributed by atoms with van der Waals surface area (Å²) in [5, 5.41) is 2.63. The highest BCUT2D eigenvalue weighted by Gasteiger charge is 2.34. The van der Waals surface area contributed by atoms with Crippen LogP contribution >= 0.6 is 11.6 Å². The monoisotopic (exact) mass is 317 g/mol. The molecule has 2 aromatic carbocycles. The molecule has 1 N–H and O–H groups in total. The number of alkyl halides is 3. The zero-order valence-electron chi connectivity index (χ0n) is 11.1. The minimum absolute atomic E-state index is 0.0288. The van der Waals surface area contributed by atoms with Gasteiger partial charge in [-0.15, -0.1) is 0 Å². The predicted molar refractivity (Wildman–Crippen MR) is 74.9 cm³/mol. The Morgan fingerprint density at radius 3 is 2.52 bits per heavy atom. The van der Waals surface area contributed by atoms with E-state index < -0.39 is 17.6 Å². The number of aryl methyl sites for hydroxylation is 1. The fourth-order valence-corrected chi connectivity index (χ4v) is 2.20. The van der Waals surface area contributed by atoms with Crippen LogP contribution in [0.5, 0.6) is 0 Å². The maximum atomic E-state index is 13.2. The zero-order chi connectivity index (χ0) is 15.6. The van der Waals surface area contributed by atoms with Gasteiger partial charge in [-0.1, -0.05) is 23.7 Å². The van der Waals surface area contributed by atoms with Gasteiger partial charge >= 0.3 is 6.18 Å². The van der Waals surface area contributed by atoms with E-state index in [0.717, 1.165) is 11.6 Å². The van der Waals surface area contributed by atoms with Crippen molar-refractivity contribution in [3.63, 3.8) is 0 Å². The molecule has 112 valence electrons. The summed E-state index contributed by atoms with van der Waals surface area (Å²) in [6, 6.07) is 7.72. The highest BCUT2D eigenvalue weighted by molar-refractivity contribution is 6.33. The second-order valence-corrected chi connectivity index (χ2v) is 4.99. The third-order valence-electron chi connectivity index (χ3n) is 3.09. The lowest BCUT2D eigenvalue weighted by molar-refractivity contribution is -0.136. The number of halogens is 5. The molecule has 0 heterocycles. The van der Waals surface area contributed by atoms with Gasteiger partial charge in [0.25, 0.3) is 0 Å². The molecule has 0 amide bonds. The van der Waals surface area contributed by atoms with Gasteiger partial charge in [0.2, 0.25) is 0 Å². The second kappa shape index (κ2) is 5.93. The molecule has 2 aromatic rings. The molecule has 6 heteroatoms. The van der Waals surface area contributed by atoms with E-state index in [1.165, 1.54) is 24.3 Å². The van der Waals surface area contributed by atoms with Crippen LogP contribution in [0, 0.1) is 12.7 Å². The Balaban J connectivity index is 2.30. The fourth-order valence-electron chi connectivity index (χ4n) is 1.95. The molecule has 0 atom stereocenters. The number of rotatable bonds is 3. The van der Waals surface area contributed by atoms with Crippen molar-refractivity contribution in [3.8, 4) is 0 Å². The minimum Gasteiger partial charge on any atom is -0.379 e. The topological polar surface area (TPSA) is 12.0 Å². The third kappa shape index (κ3) is 3.67. The molecule has 0 saturated carbocycles. The summed E-state index contributed by atoms with van der Waals surface area (Å²) in [4.78, 5) is 0. The number of benzene rings is 2. The van der Waals surface area contributed by atoms with E-state index in [9.17, 15) is 17.6 Å². The first kappa shape index (κ1) is 15.6. The minimum atomic E-state index is -4.51. The maximum absolute atomic E-state index is 13.2. The van der Waals surface area contributed by atoms with Crippen LogP contribution in [0.2, 0.25) is 5.02 Å². The van der Waals surface area contributed by atoms with Crippen LogP contribution < -0.4 is 5.32 Å². The summed E-state index contributed by atoms with van der Waals surface area (Å²) in [7, 11) is 0. The van der Waals surface area contributed by atoms with Crippen LogP contribution in [0.15, 0.2) is 36.4 Å². The molecule has 1 nitrogen and oxygen atoms in total. The van der Waals surface area contributed by atoms with Gasteiger partial charge < -0.3 is 5.32 Å². The first-order chi connectivity index (χ1) is 9.79. The molecule has 2 rings (SSSR count). The number of anilines is 1. The third-order valence-corrected chi connectivity index (χ3v) is 3.40. The van der Waals surface area contributed by atoms with Gasteiger partial charge in [0.05, 0.1) is 16.3 Å². The van der Waals surface area contributed by atoms with Gasteiger partial charge in [-0.2, -0.15) is 13.2 Å². The van der Waals surface area contributed by atoms with Crippen molar-refractivity contribution in [2.75, 3.05) is 5.32 Å². The van der Waals surface area contributed by atoms with Crippen molar-refractivity contribution >= 4 is 17.3 Å². The van der Waals surface area contributed by atoms with Gasteiger partial charge in [0.1, 0.15) is 5.82 Å². The molecule has 0 unspecified atom stereocenters. The summed E-state index contributed by atoms with van der Waals surface area (Å²) in [5.74, 6) is -0.437. The molecule has 0 spiro atoms. The van der Waals surface area contributed by atoms with Crippen LogP contribution in [-0.2, 0) is 12.7 Å². The highest BCUT2D eigenvalue weighted by atomic mass is 35.5. The Morgan fingerprint density at radius 1 is 1.14 bits per heavy atom. The van der Waals surface area contributed by atoms with E-state index in [-0.39, 0.29) is 17.3 Å². The molecule has 0 radical (unpaired) electrons. The first-order valence-electron chi connectivity index (χ1n) is 6.13.